The van der Waals surface area contributed by atoms with Gasteiger partial charge < -0.3 is 0 Å². The van der Waals surface area contributed by atoms with Gasteiger partial charge in [0, 0.05) is 22.1 Å². The molecule has 0 aliphatic rings. The third-order valence-electron chi connectivity index (χ3n) is 2.22. The third-order valence-corrected chi connectivity index (χ3v) is 3.59. The van der Waals surface area contributed by atoms with Crippen LogP contribution in [0.25, 0.3) is 0 Å². The fourth-order valence-corrected chi connectivity index (χ4v) is 2.29. The largest absolute Gasteiger partial charge is 0.271 e. The molecule has 0 saturated carbocycles. The van der Waals surface area contributed by atoms with Crippen LogP contribution in [0.5, 0.6) is 0 Å². The molecule has 0 spiro atoms. The van der Waals surface area contributed by atoms with Crippen molar-refractivity contribution in [1.29, 1.82) is 0 Å². The first kappa shape index (κ1) is 14.4. The first-order chi connectivity index (χ1) is 7.83. The molecular formula is C12H18F2N2S. The number of hydrazine groups is 1. The Kier molecular flexibility index (Phi) is 4.91. The highest BCUT2D eigenvalue weighted by Crippen LogP contribution is 2.29. The van der Waals surface area contributed by atoms with Gasteiger partial charge in [-0.2, -0.15) is 11.8 Å². The third kappa shape index (κ3) is 4.61. The van der Waals surface area contributed by atoms with Crippen molar-refractivity contribution < 1.29 is 8.78 Å². The summed E-state index contributed by atoms with van der Waals surface area (Å²) in [5.41, 5.74) is 2.96. The van der Waals surface area contributed by atoms with Gasteiger partial charge in [-0.15, -0.1) is 0 Å². The van der Waals surface area contributed by atoms with Crippen LogP contribution < -0.4 is 11.3 Å². The summed E-state index contributed by atoms with van der Waals surface area (Å²) < 4.78 is 26.4. The Morgan fingerprint density at radius 3 is 2.47 bits per heavy atom. The van der Waals surface area contributed by atoms with Crippen molar-refractivity contribution in [2.75, 3.05) is 5.75 Å². The van der Waals surface area contributed by atoms with E-state index in [1.165, 1.54) is 12.1 Å². The molecule has 0 aliphatic heterocycles. The van der Waals surface area contributed by atoms with Gasteiger partial charge in [0.15, 0.2) is 0 Å². The normalized spacial score (nSPS) is 13.8. The number of benzene rings is 1. The minimum absolute atomic E-state index is 0.0750. The maximum absolute atomic E-state index is 13.6. The van der Waals surface area contributed by atoms with Gasteiger partial charge in [0.05, 0.1) is 6.04 Å². The van der Waals surface area contributed by atoms with Crippen LogP contribution in [0.4, 0.5) is 8.78 Å². The van der Waals surface area contributed by atoms with Gasteiger partial charge in [-0.05, 0) is 6.07 Å². The van der Waals surface area contributed by atoms with Gasteiger partial charge in [0.25, 0.3) is 0 Å². The number of hydrogen-bond donors (Lipinski definition) is 2. The Balaban J connectivity index is 2.79. The molecule has 0 aromatic heterocycles. The lowest BCUT2D eigenvalue weighted by Crippen LogP contribution is -2.31. The van der Waals surface area contributed by atoms with E-state index in [2.05, 4.69) is 26.2 Å². The monoisotopic (exact) mass is 260 g/mol. The number of rotatable bonds is 4. The summed E-state index contributed by atoms with van der Waals surface area (Å²) in [6.07, 6.45) is 0. The number of nitrogens with two attached hydrogens (primary N) is 1. The molecule has 0 aliphatic carbocycles. The van der Waals surface area contributed by atoms with Crippen LogP contribution in [0, 0.1) is 11.6 Å². The standard InChI is InChI=1S/C12H18F2N2S/c1-12(2,3)17-7-11(16-15)9-5-4-8(13)6-10(9)14/h4-6,11,16H,7,15H2,1-3H3. The number of nitrogens with one attached hydrogen (secondary N) is 1. The zero-order valence-electron chi connectivity index (χ0n) is 10.3. The van der Waals surface area contributed by atoms with Crippen LogP contribution in [0.3, 0.4) is 0 Å². The molecule has 17 heavy (non-hydrogen) atoms. The lowest BCUT2D eigenvalue weighted by molar-refractivity contribution is 0.531. The zero-order chi connectivity index (χ0) is 13.1. The maximum atomic E-state index is 13.6. The predicted molar refractivity (Wildman–Crippen MR) is 68.6 cm³/mol. The average molecular weight is 260 g/mol. The van der Waals surface area contributed by atoms with E-state index < -0.39 is 11.6 Å². The highest BCUT2D eigenvalue weighted by atomic mass is 32.2. The second-order valence-corrected chi connectivity index (χ2v) is 6.66. The molecule has 0 saturated heterocycles. The van der Waals surface area contributed by atoms with Crippen molar-refractivity contribution >= 4 is 11.8 Å². The van der Waals surface area contributed by atoms with E-state index in [1.54, 1.807) is 11.8 Å². The van der Waals surface area contributed by atoms with Crippen LogP contribution >= 0.6 is 11.8 Å². The molecule has 1 rings (SSSR count). The van der Waals surface area contributed by atoms with Crippen molar-refractivity contribution in [1.82, 2.24) is 5.43 Å². The van der Waals surface area contributed by atoms with Crippen molar-refractivity contribution in [2.24, 2.45) is 5.84 Å². The maximum Gasteiger partial charge on any atom is 0.130 e. The summed E-state index contributed by atoms with van der Waals surface area (Å²) in [7, 11) is 0. The average Bonchev–Trinajstić information content (AvgIpc) is 2.19. The van der Waals surface area contributed by atoms with E-state index in [9.17, 15) is 8.78 Å². The Hall–Kier alpha value is -0.650. The molecule has 1 atom stereocenters. The topological polar surface area (TPSA) is 38.0 Å². The summed E-state index contributed by atoms with van der Waals surface area (Å²) in [5.74, 6) is 4.90. The van der Waals surface area contributed by atoms with Crippen molar-refractivity contribution in [3.8, 4) is 0 Å². The molecule has 96 valence electrons. The molecule has 1 aromatic rings. The second-order valence-electron chi connectivity index (χ2n) is 4.81. The van der Waals surface area contributed by atoms with E-state index in [4.69, 9.17) is 5.84 Å². The molecule has 5 heteroatoms. The van der Waals surface area contributed by atoms with E-state index in [1.807, 2.05) is 0 Å². The zero-order valence-corrected chi connectivity index (χ0v) is 11.1. The summed E-state index contributed by atoms with van der Waals surface area (Å²) in [6, 6.07) is 3.23. The van der Waals surface area contributed by atoms with Gasteiger partial charge in [-0.3, -0.25) is 11.3 Å². The Bertz CT molecular complexity index is 377. The van der Waals surface area contributed by atoms with Crippen molar-refractivity contribution in [3.05, 3.63) is 35.4 Å². The van der Waals surface area contributed by atoms with Crippen molar-refractivity contribution in [2.45, 2.75) is 31.6 Å². The van der Waals surface area contributed by atoms with E-state index in [0.29, 0.717) is 11.3 Å². The van der Waals surface area contributed by atoms with Crippen LogP contribution in [-0.4, -0.2) is 10.5 Å². The summed E-state index contributed by atoms with van der Waals surface area (Å²) in [5, 5.41) is 0. The minimum atomic E-state index is -0.578. The fraction of sp³-hybridized carbons (Fsp3) is 0.500. The van der Waals surface area contributed by atoms with Gasteiger partial charge >= 0.3 is 0 Å². The van der Waals surface area contributed by atoms with Gasteiger partial charge in [-0.1, -0.05) is 26.8 Å². The van der Waals surface area contributed by atoms with Crippen LogP contribution in [0.15, 0.2) is 18.2 Å². The van der Waals surface area contributed by atoms with Crippen LogP contribution in [-0.2, 0) is 0 Å². The van der Waals surface area contributed by atoms with Crippen molar-refractivity contribution in [3.63, 3.8) is 0 Å². The van der Waals surface area contributed by atoms with Crippen LogP contribution in [0.1, 0.15) is 32.4 Å². The highest BCUT2D eigenvalue weighted by Gasteiger charge is 2.19. The lowest BCUT2D eigenvalue weighted by atomic mass is 10.1. The summed E-state index contributed by atoms with van der Waals surface area (Å²) in [4.78, 5) is 0. The molecule has 0 bridgehead atoms. The van der Waals surface area contributed by atoms with E-state index >= 15 is 0 Å². The first-order valence-corrected chi connectivity index (χ1v) is 6.37. The van der Waals surface area contributed by atoms with E-state index in [0.717, 1.165) is 6.07 Å². The minimum Gasteiger partial charge on any atom is -0.271 e. The smallest absolute Gasteiger partial charge is 0.130 e. The Morgan fingerprint density at radius 1 is 1.35 bits per heavy atom. The van der Waals surface area contributed by atoms with Gasteiger partial charge in [-0.25, -0.2) is 8.78 Å². The molecule has 0 amide bonds. The quantitative estimate of drug-likeness (QED) is 0.645. The molecule has 0 heterocycles. The second kappa shape index (κ2) is 5.80. The molecule has 1 aromatic carbocycles. The fourth-order valence-electron chi connectivity index (χ4n) is 1.35. The van der Waals surface area contributed by atoms with Gasteiger partial charge in [0.2, 0.25) is 0 Å². The highest BCUT2D eigenvalue weighted by molar-refractivity contribution is 8.00. The first-order valence-electron chi connectivity index (χ1n) is 5.38. The molecule has 0 fully saturated rings. The SMILES string of the molecule is CC(C)(C)SCC(NN)c1ccc(F)cc1F. The lowest BCUT2D eigenvalue weighted by Gasteiger charge is -2.23. The molecular weight excluding hydrogens is 242 g/mol. The number of halogens is 2. The number of thioether (sulfide) groups is 1. The summed E-state index contributed by atoms with van der Waals surface area (Å²) in [6.45, 7) is 6.23. The number of hydrogen-bond acceptors (Lipinski definition) is 3. The van der Waals surface area contributed by atoms with E-state index in [-0.39, 0.29) is 10.8 Å². The van der Waals surface area contributed by atoms with Gasteiger partial charge in [0.1, 0.15) is 11.6 Å². The predicted octanol–water partition coefficient (Wildman–Crippen LogP) is 3.00. The molecule has 3 N–H and O–H groups in total. The molecule has 2 nitrogen and oxygen atoms in total. The Labute approximate surface area is 105 Å². The van der Waals surface area contributed by atoms with Crippen LogP contribution in [0.2, 0.25) is 0 Å². The Morgan fingerprint density at radius 2 is 2.00 bits per heavy atom. The molecule has 0 radical (unpaired) electrons. The molecule has 1 unspecified atom stereocenters. The summed E-state index contributed by atoms with van der Waals surface area (Å²) >= 11 is 1.67.